The highest BCUT2D eigenvalue weighted by Gasteiger charge is 2.48. The molecule has 2 saturated heterocycles. The van der Waals surface area contributed by atoms with Gasteiger partial charge in [-0.25, -0.2) is 0 Å². The summed E-state index contributed by atoms with van der Waals surface area (Å²) in [4.78, 5) is 40.1. The lowest BCUT2D eigenvalue weighted by Gasteiger charge is -2.31. The molecule has 1 aromatic carbocycles. The Hall–Kier alpha value is -2.43. The maximum absolute atomic E-state index is 12.4. The third kappa shape index (κ3) is 2.68. The van der Waals surface area contributed by atoms with E-state index in [0.29, 0.717) is 25.8 Å². The maximum Gasteiger partial charge on any atom is 0.233 e. The SMILES string of the molecule is CN1C(=O)[C@H]2CC=C(C3CCC(=O)N3Cc3ccccc3)C[C@H]2C1=O. The summed E-state index contributed by atoms with van der Waals surface area (Å²) in [5.41, 5.74) is 2.27. The zero-order valence-corrected chi connectivity index (χ0v) is 14.4. The fraction of sp³-hybridized carbons (Fsp3) is 0.450. The van der Waals surface area contributed by atoms with Crippen molar-refractivity contribution in [2.45, 2.75) is 38.3 Å². The van der Waals surface area contributed by atoms with E-state index in [2.05, 4.69) is 6.08 Å². The van der Waals surface area contributed by atoms with Crippen molar-refractivity contribution < 1.29 is 14.4 Å². The number of allylic oxidation sites excluding steroid dienone is 1. The van der Waals surface area contributed by atoms with Crippen LogP contribution in [0.15, 0.2) is 42.0 Å². The molecular weight excluding hydrogens is 316 g/mol. The number of rotatable bonds is 3. The van der Waals surface area contributed by atoms with E-state index in [1.807, 2.05) is 35.2 Å². The second-order valence-corrected chi connectivity index (χ2v) is 7.23. The quantitative estimate of drug-likeness (QED) is 0.627. The normalized spacial score (nSPS) is 29.2. The van der Waals surface area contributed by atoms with Gasteiger partial charge in [-0.2, -0.15) is 0 Å². The molecule has 4 rings (SSSR count). The van der Waals surface area contributed by atoms with Crippen molar-refractivity contribution in [1.29, 1.82) is 0 Å². The van der Waals surface area contributed by atoms with Gasteiger partial charge in [-0.1, -0.05) is 42.0 Å². The second kappa shape index (κ2) is 6.14. The van der Waals surface area contributed by atoms with Crippen LogP contribution in [-0.4, -0.2) is 40.6 Å². The zero-order valence-electron chi connectivity index (χ0n) is 14.4. The van der Waals surface area contributed by atoms with Gasteiger partial charge in [0.05, 0.1) is 17.9 Å². The summed E-state index contributed by atoms with van der Waals surface area (Å²) in [5, 5.41) is 0. The Morgan fingerprint density at radius 3 is 2.52 bits per heavy atom. The first-order chi connectivity index (χ1) is 12.1. The average molecular weight is 338 g/mol. The molecule has 25 heavy (non-hydrogen) atoms. The van der Waals surface area contributed by atoms with Crippen molar-refractivity contribution in [2.75, 3.05) is 7.05 Å². The van der Waals surface area contributed by atoms with Crippen LogP contribution >= 0.6 is 0 Å². The van der Waals surface area contributed by atoms with Crippen LogP contribution in [-0.2, 0) is 20.9 Å². The van der Waals surface area contributed by atoms with E-state index in [9.17, 15) is 14.4 Å². The molecule has 0 aromatic heterocycles. The van der Waals surface area contributed by atoms with Crippen molar-refractivity contribution in [2.24, 2.45) is 11.8 Å². The summed E-state index contributed by atoms with van der Waals surface area (Å²) in [6, 6.07) is 10.0. The molecule has 1 aliphatic carbocycles. The predicted octanol–water partition coefficient (Wildman–Crippen LogP) is 2.13. The van der Waals surface area contributed by atoms with Gasteiger partial charge in [-0.15, -0.1) is 0 Å². The van der Waals surface area contributed by atoms with E-state index in [1.165, 1.54) is 4.90 Å². The van der Waals surface area contributed by atoms with Crippen LogP contribution in [0.2, 0.25) is 0 Å². The van der Waals surface area contributed by atoms with Crippen molar-refractivity contribution in [3.63, 3.8) is 0 Å². The lowest BCUT2D eigenvalue weighted by Crippen LogP contribution is -2.36. The maximum atomic E-state index is 12.4. The molecule has 2 aliphatic heterocycles. The van der Waals surface area contributed by atoms with E-state index >= 15 is 0 Å². The largest absolute Gasteiger partial charge is 0.332 e. The number of fused-ring (bicyclic) bond motifs is 1. The minimum absolute atomic E-state index is 0.0578. The highest BCUT2D eigenvalue weighted by Crippen LogP contribution is 2.41. The number of hydrogen-bond donors (Lipinski definition) is 0. The lowest BCUT2D eigenvalue weighted by molar-refractivity contribution is -0.138. The molecule has 2 heterocycles. The second-order valence-electron chi connectivity index (χ2n) is 7.23. The van der Waals surface area contributed by atoms with Gasteiger partial charge in [0.25, 0.3) is 0 Å². The van der Waals surface area contributed by atoms with Crippen molar-refractivity contribution in [3.8, 4) is 0 Å². The standard InChI is InChI=1S/C20H22N2O3/c1-21-19(24)15-8-7-14(11-16(15)20(21)25)17-9-10-18(23)22(17)12-13-5-3-2-4-6-13/h2-7,15-17H,8-12H2,1H3/t15-,16+,17?/m0/s1. The number of carbonyl (C=O) groups is 3. The summed E-state index contributed by atoms with van der Waals surface area (Å²) >= 11 is 0. The van der Waals surface area contributed by atoms with Crippen molar-refractivity contribution >= 4 is 17.7 Å². The molecule has 3 amide bonds. The molecule has 5 heteroatoms. The van der Waals surface area contributed by atoms with Gasteiger partial charge in [0.15, 0.2) is 0 Å². The van der Waals surface area contributed by atoms with Gasteiger partial charge in [0.2, 0.25) is 17.7 Å². The average Bonchev–Trinajstić information content (AvgIpc) is 3.10. The molecular formula is C20H22N2O3. The minimum atomic E-state index is -0.244. The van der Waals surface area contributed by atoms with Gasteiger partial charge in [-0.3, -0.25) is 19.3 Å². The van der Waals surface area contributed by atoms with Crippen LogP contribution < -0.4 is 0 Å². The molecule has 3 atom stereocenters. The molecule has 130 valence electrons. The third-order valence-corrected chi connectivity index (χ3v) is 5.82. The summed E-state index contributed by atoms with van der Waals surface area (Å²) in [6.45, 7) is 0.600. The molecule has 0 saturated carbocycles. The lowest BCUT2D eigenvalue weighted by atomic mass is 9.79. The van der Waals surface area contributed by atoms with Gasteiger partial charge in [0.1, 0.15) is 0 Å². The number of imide groups is 1. The number of likely N-dealkylation sites (tertiary alicyclic amines) is 2. The number of carbonyl (C=O) groups excluding carboxylic acids is 3. The zero-order chi connectivity index (χ0) is 17.6. The molecule has 1 unspecified atom stereocenters. The van der Waals surface area contributed by atoms with E-state index in [0.717, 1.165) is 17.6 Å². The van der Waals surface area contributed by atoms with Crippen LogP contribution in [0.1, 0.15) is 31.2 Å². The first-order valence-corrected chi connectivity index (χ1v) is 8.90. The Morgan fingerprint density at radius 1 is 1.04 bits per heavy atom. The monoisotopic (exact) mass is 338 g/mol. The van der Waals surface area contributed by atoms with Gasteiger partial charge < -0.3 is 4.90 Å². The number of benzene rings is 1. The Labute approximate surface area is 147 Å². The number of amides is 3. The Morgan fingerprint density at radius 2 is 1.76 bits per heavy atom. The topological polar surface area (TPSA) is 57.7 Å². The van der Waals surface area contributed by atoms with E-state index in [-0.39, 0.29) is 35.6 Å². The fourth-order valence-electron chi connectivity index (χ4n) is 4.43. The molecule has 1 aromatic rings. The number of hydrogen-bond acceptors (Lipinski definition) is 3. The smallest absolute Gasteiger partial charge is 0.233 e. The summed E-state index contributed by atoms with van der Waals surface area (Å²) in [6.07, 6.45) is 4.66. The summed E-state index contributed by atoms with van der Waals surface area (Å²) in [7, 11) is 1.57. The van der Waals surface area contributed by atoms with Crippen LogP contribution in [0.3, 0.4) is 0 Å². The van der Waals surface area contributed by atoms with E-state index in [4.69, 9.17) is 0 Å². The highest BCUT2D eigenvalue weighted by molar-refractivity contribution is 6.05. The van der Waals surface area contributed by atoms with E-state index < -0.39 is 0 Å². The van der Waals surface area contributed by atoms with E-state index in [1.54, 1.807) is 7.05 Å². The van der Waals surface area contributed by atoms with Gasteiger partial charge >= 0.3 is 0 Å². The third-order valence-electron chi connectivity index (χ3n) is 5.82. The first kappa shape index (κ1) is 16.1. The van der Waals surface area contributed by atoms with Gasteiger partial charge in [0, 0.05) is 20.0 Å². The molecule has 0 N–H and O–H groups in total. The molecule has 3 aliphatic rings. The van der Waals surface area contributed by atoms with Gasteiger partial charge in [-0.05, 0) is 24.8 Å². The van der Waals surface area contributed by atoms with Crippen molar-refractivity contribution in [1.82, 2.24) is 9.80 Å². The summed E-state index contributed by atoms with van der Waals surface area (Å²) < 4.78 is 0. The molecule has 0 bridgehead atoms. The Kier molecular flexibility index (Phi) is 3.94. The predicted molar refractivity (Wildman–Crippen MR) is 92.1 cm³/mol. The van der Waals surface area contributed by atoms with Crippen LogP contribution in [0.25, 0.3) is 0 Å². The van der Waals surface area contributed by atoms with Crippen LogP contribution in [0, 0.1) is 11.8 Å². The Bertz CT molecular complexity index is 755. The Balaban J connectivity index is 1.55. The van der Waals surface area contributed by atoms with Crippen LogP contribution in [0.4, 0.5) is 0 Å². The first-order valence-electron chi connectivity index (χ1n) is 8.90. The molecule has 2 fully saturated rings. The minimum Gasteiger partial charge on any atom is -0.332 e. The van der Waals surface area contributed by atoms with Crippen LogP contribution in [0.5, 0.6) is 0 Å². The van der Waals surface area contributed by atoms with Crippen molar-refractivity contribution in [3.05, 3.63) is 47.5 Å². The number of nitrogens with zero attached hydrogens (tertiary/aromatic N) is 2. The fourth-order valence-corrected chi connectivity index (χ4v) is 4.43. The summed E-state index contributed by atoms with van der Waals surface area (Å²) in [5.74, 6) is -0.413. The molecule has 0 spiro atoms. The molecule has 5 nitrogen and oxygen atoms in total. The highest BCUT2D eigenvalue weighted by atomic mass is 16.2. The molecule has 0 radical (unpaired) electrons.